The highest BCUT2D eigenvalue weighted by Gasteiger charge is 1.99. The van der Waals surface area contributed by atoms with Crippen molar-refractivity contribution < 1.29 is 0 Å². The van der Waals surface area contributed by atoms with Crippen LogP contribution in [0, 0.1) is 0 Å². The summed E-state index contributed by atoms with van der Waals surface area (Å²) < 4.78 is 1.86. The molecule has 0 saturated heterocycles. The van der Waals surface area contributed by atoms with Crippen LogP contribution >= 0.6 is 0 Å². The third kappa shape index (κ3) is 1.99. The van der Waals surface area contributed by atoms with Gasteiger partial charge >= 0.3 is 0 Å². The van der Waals surface area contributed by atoms with Gasteiger partial charge in [0.25, 0.3) is 0 Å². The molecule has 3 nitrogen and oxygen atoms in total. The molecule has 0 bridgehead atoms. The molecule has 0 radical (unpaired) electrons. The summed E-state index contributed by atoms with van der Waals surface area (Å²) in [6, 6.07) is 14.8. The lowest BCUT2D eigenvalue weighted by atomic mass is 10.1. The van der Waals surface area contributed by atoms with Gasteiger partial charge in [-0.05, 0) is 16.3 Å². The maximum atomic E-state index is 4.00. The molecule has 0 amide bonds. The van der Waals surface area contributed by atoms with Crippen LogP contribution in [0.15, 0.2) is 61.2 Å². The van der Waals surface area contributed by atoms with Crippen LogP contribution in [0.1, 0.15) is 5.56 Å². The van der Waals surface area contributed by atoms with Gasteiger partial charge < -0.3 is 5.43 Å². The largest absolute Gasteiger partial charge is 0.321 e. The van der Waals surface area contributed by atoms with Gasteiger partial charge in [-0.3, -0.25) is 4.68 Å². The second kappa shape index (κ2) is 4.29. The van der Waals surface area contributed by atoms with E-state index in [0.717, 1.165) is 6.54 Å². The van der Waals surface area contributed by atoms with Gasteiger partial charge in [-0.2, -0.15) is 0 Å². The normalized spacial score (nSPS) is 10.6. The van der Waals surface area contributed by atoms with E-state index in [-0.39, 0.29) is 0 Å². The molecule has 2 aromatic carbocycles. The molecule has 0 aliphatic heterocycles. The minimum absolute atomic E-state index is 0.789. The Balaban J connectivity index is 1.90. The Morgan fingerprint density at radius 2 is 1.94 bits per heavy atom. The molecule has 0 unspecified atom stereocenters. The van der Waals surface area contributed by atoms with Crippen molar-refractivity contribution in [3.05, 3.63) is 66.7 Å². The number of imidazole rings is 1. The molecule has 1 aromatic heterocycles. The number of hydrogen-bond donors (Lipinski definition) is 1. The molecule has 84 valence electrons. The van der Waals surface area contributed by atoms with E-state index in [1.807, 2.05) is 10.9 Å². The van der Waals surface area contributed by atoms with Crippen LogP contribution in [-0.2, 0) is 6.54 Å². The van der Waals surface area contributed by atoms with E-state index in [1.54, 1.807) is 12.5 Å². The van der Waals surface area contributed by atoms with Gasteiger partial charge in [0.05, 0.1) is 6.54 Å². The van der Waals surface area contributed by atoms with Crippen molar-refractivity contribution in [2.45, 2.75) is 6.54 Å². The third-order valence-corrected chi connectivity index (χ3v) is 2.84. The van der Waals surface area contributed by atoms with Crippen LogP contribution in [0.5, 0.6) is 0 Å². The average molecular weight is 223 g/mol. The Bertz CT molecular complexity index is 609. The number of fused-ring (bicyclic) bond motifs is 1. The van der Waals surface area contributed by atoms with E-state index < -0.39 is 0 Å². The fraction of sp³-hybridized carbons (Fsp3) is 0.0714. The predicted molar refractivity (Wildman–Crippen MR) is 69.2 cm³/mol. The SMILES string of the molecule is c1ccc2c(CNn3ccnc3)cccc2c1. The Morgan fingerprint density at radius 3 is 2.82 bits per heavy atom. The highest BCUT2D eigenvalue weighted by Crippen LogP contribution is 2.18. The first-order chi connectivity index (χ1) is 8.43. The molecular formula is C14H13N3. The number of rotatable bonds is 3. The van der Waals surface area contributed by atoms with Crippen LogP contribution in [-0.4, -0.2) is 9.66 Å². The lowest BCUT2D eigenvalue weighted by Gasteiger charge is -2.09. The second-order valence-electron chi connectivity index (χ2n) is 3.94. The number of nitrogens with one attached hydrogen (secondary N) is 1. The number of hydrogen-bond acceptors (Lipinski definition) is 2. The molecule has 0 spiro atoms. The van der Waals surface area contributed by atoms with E-state index in [4.69, 9.17) is 0 Å². The van der Waals surface area contributed by atoms with Gasteiger partial charge in [-0.15, -0.1) is 0 Å². The molecule has 17 heavy (non-hydrogen) atoms. The number of benzene rings is 2. The lowest BCUT2D eigenvalue weighted by Crippen LogP contribution is -2.12. The van der Waals surface area contributed by atoms with Crippen LogP contribution in [0.3, 0.4) is 0 Å². The molecule has 3 heteroatoms. The van der Waals surface area contributed by atoms with E-state index in [9.17, 15) is 0 Å². The van der Waals surface area contributed by atoms with Crippen LogP contribution in [0.4, 0.5) is 0 Å². The molecule has 0 aliphatic rings. The zero-order valence-electron chi connectivity index (χ0n) is 9.38. The highest BCUT2D eigenvalue weighted by molar-refractivity contribution is 5.85. The summed E-state index contributed by atoms with van der Waals surface area (Å²) in [4.78, 5) is 4.00. The summed E-state index contributed by atoms with van der Waals surface area (Å²) in [5, 5.41) is 2.57. The first-order valence-corrected chi connectivity index (χ1v) is 5.62. The monoisotopic (exact) mass is 223 g/mol. The summed E-state index contributed by atoms with van der Waals surface area (Å²) in [5.41, 5.74) is 4.58. The molecule has 1 heterocycles. The van der Waals surface area contributed by atoms with Crippen molar-refractivity contribution in [1.29, 1.82) is 0 Å². The Hall–Kier alpha value is -2.29. The Morgan fingerprint density at radius 1 is 1.06 bits per heavy atom. The fourth-order valence-electron chi connectivity index (χ4n) is 1.98. The zero-order chi connectivity index (χ0) is 11.5. The highest BCUT2D eigenvalue weighted by atomic mass is 15.4. The van der Waals surface area contributed by atoms with Crippen molar-refractivity contribution in [3.63, 3.8) is 0 Å². The van der Waals surface area contributed by atoms with Gasteiger partial charge in [0.1, 0.15) is 6.33 Å². The van der Waals surface area contributed by atoms with Gasteiger partial charge in [-0.1, -0.05) is 42.5 Å². The van der Waals surface area contributed by atoms with Crippen molar-refractivity contribution in [3.8, 4) is 0 Å². The molecule has 0 atom stereocenters. The van der Waals surface area contributed by atoms with Crippen LogP contribution in [0.2, 0.25) is 0 Å². The molecule has 0 aliphatic carbocycles. The summed E-state index contributed by atoms with van der Waals surface area (Å²) in [5.74, 6) is 0. The van der Waals surface area contributed by atoms with Gasteiger partial charge in [0.15, 0.2) is 0 Å². The van der Waals surface area contributed by atoms with E-state index in [0.29, 0.717) is 0 Å². The van der Waals surface area contributed by atoms with Crippen molar-refractivity contribution in [1.82, 2.24) is 9.66 Å². The summed E-state index contributed by atoms with van der Waals surface area (Å²) in [7, 11) is 0. The molecule has 3 aromatic rings. The molecule has 1 N–H and O–H groups in total. The van der Waals surface area contributed by atoms with Crippen molar-refractivity contribution >= 4 is 10.8 Å². The molecule has 0 saturated carbocycles. The van der Waals surface area contributed by atoms with Crippen LogP contribution < -0.4 is 5.43 Å². The molecule has 0 fully saturated rings. The van der Waals surface area contributed by atoms with Crippen molar-refractivity contribution in [2.75, 3.05) is 5.43 Å². The maximum Gasteiger partial charge on any atom is 0.114 e. The first-order valence-electron chi connectivity index (χ1n) is 5.62. The van der Waals surface area contributed by atoms with Gasteiger partial charge in [0.2, 0.25) is 0 Å². The predicted octanol–water partition coefficient (Wildman–Crippen LogP) is 2.78. The topological polar surface area (TPSA) is 29.9 Å². The summed E-state index contributed by atoms with van der Waals surface area (Å²) >= 11 is 0. The van der Waals surface area contributed by atoms with E-state index >= 15 is 0 Å². The number of nitrogens with zero attached hydrogens (tertiary/aromatic N) is 2. The fourth-order valence-corrected chi connectivity index (χ4v) is 1.98. The van der Waals surface area contributed by atoms with Gasteiger partial charge in [-0.25, -0.2) is 4.98 Å². The zero-order valence-corrected chi connectivity index (χ0v) is 9.38. The average Bonchev–Trinajstić information content (AvgIpc) is 2.89. The molecular weight excluding hydrogens is 210 g/mol. The minimum Gasteiger partial charge on any atom is -0.321 e. The van der Waals surface area contributed by atoms with Crippen molar-refractivity contribution in [2.24, 2.45) is 0 Å². The molecule has 3 rings (SSSR count). The summed E-state index contributed by atoms with van der Waals surface area (Å²) in [6.07, 6.45) is 5.41. The first kappa shape index (κ1) is 9.90. The standard InChI is InChI=1S/C14H13N3/c1-2-7-14-12(4-1)5-3-6-13(14)10-16-17-9-8-15-11-17/h1-9,11,16H,10H2. The van der Waals surface area contributed by atoms with Crippen LogP contribution in [0.25, 0.3) is 10.8 Å². The smallest absolute Gasteiger partial charge is 0.114 e. The Labute approximate surface area is 99.7 Å². The van der Waals surface area contributed by atoms with E-state index in [1.165, 1.54) is 16.3 Å². The maximum absolute atomic E-state index is 4.00. The lowest BCUT2D eigenvalue weighted by molar-refractivity contribution is 0.842. The Kier molecular flexibility index (Phi) is 2.50. The third-order valence-electron chi connectivity index (χ3n) is 2.84. The van der Waals surface area contributed by atoms with E-state index in [2.05, 4.69) is 52.9 Å². The minimum atomic E-state index is 0.789. The summed E-state index contributed by atoms with van der Waals surface area (Å²) in [6.45, 7) is 0.789. The second-order valence-corrected chi connectivity index (χ2v) is 3.94. The quantitative estimate of drug-likeness (QED) is 0.740. The number of aromatic nitrogens is 2. The van der Waals surface area contributed by atoms with Gasteiger partial charge in [0, 0.05) is 12.4 Å².